The molecular weight excluding hydrogens is 238 g/mol. The van der Waals surface area contributed by atoms with Crippen molar-refractivity contribution < 1.29 is 22.4 Å². The van der Waals surface area contributed by atoms with Crippen LogP contribution < -0.4 is 4.90 Å². The Bertz CT molecular complexity index is 420. The standard InChI is InChI=1S/C11H11F4NO/c1-7-5-3-4-6-8(7)16(2)10(17)11(14,15)9(12)13/h3-6,9H,1-2H3. The quantitative estimate of drug-likeness (QED) is 0.754. The first kappa shape index (κ1) is 13.5. The second kappa shape index (κ2) is 4.73. The van der Waals surface area contributed by atoms with Crippen LogP contribution in [0.1, 0.15) is 5.56 Å². The van der Waals surface area contributed by atoms with Crippen LogP contribution in [0.15, 0.2) is 24.3 Å². The number of benzene rings is 1. The largest absolute Gasteiger partial charge is 0.384 e. The lowest BCUT2D eigenvalue weighted by Gasteiger charge is -2.24. The minimum atomic E-state index is -4.67. The van der Waals surface area contributed by atoms with Gasteiger partial charge in [-0.15, -0.1) is 0 Å². The molecule has 0 saturated carbocycles. The van der Waals surface area contributed by atoms with Gasteiger partial charge in [0.1, 0.15) is 0 Å². The highest BCUT2D eigenvalue weighted by Gasteiger charge is 2.50. The number of carbonyl (C=O) groups is 1. The molecule has 0 aliphatic carbocycles. The lowest BCUT2D eigenvalue weighted by Crippen LogP contribution is -2.46. The highest BCUT2D eigenvalue weighted by Crippen LogP contribution is 2.28. The summed E-state index contributed by atoms with van der Waals surface area (Å²) in [7, 11) is 1.04. The summed E-state index contributed by atoms with van der Waals surface area (Å²) in [5.74, 6) is -6.58. The number of nitrogens with zero attached hydrogens (tertiary/aromatic N) is 1. The third-order valence-electron chi connectivity index (χ3n) is 2.34. The zero-order valence-electron chi connectivity index (χ0n) is 9.25. The van der Waals surface area contributed by atoms with E-state index in [0.29, 0.717) is 10.5 Å². The van der Waals surface area contributed by atoms with E-state index in [1.807, 2.05) is 0 Å². The number of halogens is 4. The first-order valence-corrected chi connectivity index (χ1v) is 4.78. The number of amides is 1. The number of hydrogen-bond donors (Lipinski definition) is 0. The molecule has 2 nitrogen and oxygen atoms in total. The molecule has 1 aromatic rings. The molecule has 17 heavy (non-hydrogen) atoms. The van der Waals surface area contributed by atoms with Crippen LogP contribution in [0, 0.1) is 6.92 Å². The molecule has 1 rings (SSSR count). The van der Waals surface area contributed by atoms with Gasteiger partial charge in [0, 0.05) is 12.7 Å². The average Bonchev–Trinajstić information content (AvgIpc) is 2.27. The molecule has 0 fully saturated rings. The molecule has 0 aliphatic rings. The lowest BCUT2D eigenvalue weighted by molar-refractivity contribution is -0.166. The van der Waals surface area contributed by atoms with Gasteiger partial charge >= 0.3 is 18.3 Å². The Morgan fingerprint density at radius 2 is 1.82 bits per heavy atom. The summed E-state index contributed by atoms with van der Waals surface area (Å²) in [5.41, 5.74) is 0.728. The number of aryl methyl sites for hydroxylation is 1. The number of alkyl halides is 4. The first-order chi connectivity index (χ1) is 7.78. The Morgan fingerprint density at radius 3 is 2.29 bits per heavy atom. The fourth-order valence-electron chi connectivity index (χ4n) is 1.37. The molecule has 1 aromatic carbocycles. The van der Waals surface area contributed by atoms with E-state index < -0.39 is 18.3 Å². The van der Waals surface area contributed by atoms with E-state index in [4.69, 9.17) is 0 Å². The maximum atomic E-state index is 12.9. The van der Waals surface area contributed by atoms with Crippen molar-refractivity contribution in [2.24, 2.45) is 0 Å². The third kappa shape index (κ3) is 2.57. The molecule has 0 N–H and O–H groups in total. The fourth-order valence-corrected chi connectivity index (χ4v) is 1.37. The maximum absolute atomic E-state index is 12.9. The summed E-state index contributed by atoms with van der Waals surface area (Å²) in [6.07, 6.45) is -4.01. The Kier molecular flexibility index (Phi) is 3.75. The SMILES string of the molecule is Cc1ccccc1N(C)C(=O)C(F)(F)C(F)F. The van der Waals surface area contributed by atoms with Crippen molar-refractivity contribution in [3.05, 3.63) is 29.8 Å². The van der Waals surface area contributed by atoms with Crippen LogP contribution in [0.5, 0.6) is 0 Å². The highest BCUT2D eigenvalue weighted by atomic mass is 19.3. The van der Waals surface area contributed by atoms with Crippen molar-refractivity contribution in [3.8, 4) is 0 Å². The average molecular weight is 249 g/mol. The Morgan fingerprint density at radius 1 is 1.29 bits per heavy atom. The van der Waals surface area contributed by atoms with Crippen molar-refractivity contribution in [1.29, 1.82) is 0 Å². The van der Waals surface area contributed by atoms with Gasteiger partial charge in [0.15, 0.2) is 0 Å². The van der Waals surface area contributed by atoms with Crippen molar-refractivity contribution >= 4 is 11.6 Å². The van der Waals surface area contributed by atoms with Gasteiger partial charge in [0.25, 0.3) is 0 Å². The minimum absolute atomic E-state index is 0.179. The molecule has 6 heteroatoms. The predicted octanol–water partition coefficient (Wildman–Crippen LogP) is 2.86. The molecule has 0 aliphatic heterocycles. The van der Waals surface area contributed by atoms with Crippen molar-refractivity contribution in [2.45, 2.75) is 19.3 Å². The van der Waals surface area contributed by atoms with E-state index in [2.05, 4.69) is 0 Å². The van der Waals surface area contributed by atoms with Crippen molar-refractivity contribution in [1.82, 2.24) is 0 Å². The van der Waals surface area contributed by atoms with Gasteiger partial charge in [-0.2, -0.15) is 8.78 Å². The van der Waals surface area contributed by atoms with Crippen LogP contribution in [0.4, 0.5) is 23.2 Å². The normalized spacial score (nSPS) is 11.7. The summed E-state index contributed by atoms with van der Waals surface area (Å²) in [5, 5.41) is 0. The Balaban J connectivity index is 3.03. The van der Waals surface area contributed by atoms with Crippen LogP contribution in [0.2, 0.25) is 0 Å². The van der Waals surface area contributed by atoms with Gasteiger partial charge < -0.3 is 4.90 Å². The van der Waals surface area contributed by atoms with E-state index in [1.165, 1.54) is 12.1 Å². The van der Waals surface area contributed by atoms with E-state index in [-0.39, 0.29) is 5.69 Å². The van der Waals surface area contributed by atoms with Gasteiger partial charge in [0.2, 0.25) is 0 Å². The Hall–Kier alpha value is -1.59. The number of carbonyl (C=O) groups excluding carboxylic acids is 1. The fraction of sp³-hybridized carbons (Fsp3) is 0.364. The predicted molar refractivity (Wildman–Crippen MR) is 55.5 cm³/mol. The van der Waals surface area contributed by atoms with Gasteiger partial charge in [-0.05, 0) is 18.6 Å². The topological polar surface area (TPSA) is 20.3 Å². The van der Waals surface area contributed by atoms with Crippen LogP contribution in [0.25, 0.3) is 0 Å². The van der Waals surface area contributed by atoms with Crippen LogP contribution in [-0.4, -0.2) is 25.3 Å². The molecule has 94 valence electrons. The second-order valence-electron chi connectivity index (χ2n) is 3.57. The number of para-hydroxylation sites is 1. The van der Waals surface area contributed by atoms with E-state index in [1.54, 1.807) is 19.1 Å². The molecule has 0 radical (unpaired) electrons. The molecule has 0 saturated heterocycles. The Labute approximate surface area is 95.8 Å². The maximum Gasteiger partial charge on any atom is 0.384 e. The zero-order chi connectivity index (χ0) is 13.2. The van der Waals surface area contributed by atoms with Crippen molar-refractivity contribution in [2.75, 3.05) is 11.9 Å². The summed E-state index contributed by atoms with van der Waals surface area (Å²) in [6.45, 7) is 1.60. The van der Waals surface area contributed by atoms with Gasteiger partial charge in [-0.1, -0.05) is 18.2 Å². The lowest BCUT2D eigenvalue weighted by atomic mass is 10.1. The minimum Gasteiger partial charge on any atom is -0.310 e. The molecular formula is C11H11F4NO. The molecule has 0 spiro atoms. The molecule has 0 heterocycles. The van der Waals surface area contributed by atoms with Gasteiger partial charge in [0.05, 0.1) is 0 Å². The van der Waals surface area contributed by atoms with E-state index in [0.717, 1.165) is 7.05 Å². The summed E-state index contributed by atoms with van der Waals surface area (Å²) < 4.78 is 49.8. The molecule has 0 atom stereocenters. The van der Waals surface area contributed by atoms with Crippen LogP contribution >= 0.6 is 0 Å². The van der Waals surface area contributed by atoms with Crippen LogP contribution in [-0.2, 0) is 4.79 Å². The molecule has 0 bridgehead atoms. The monoisotopic (exact) mass is 249 g/mol. The molecule has 1 amide bonds. The summed E-state index contributed by atoms with van der Waals surface area (Å²) in [4.78, 5) is 11.8. The summed E-state index contributed by atoms with van der Waals surface area (Å²) >= 11 is 0. The van der Waals surface area contributed by atoms with E-state index >= 15 is 0 Å². The smallest absolute Gasteiger partial charge is 0.310 e. The first-order valence-electron chi connectivity index (χ1n) is 4.78. The number of hydrogen-bond acceptors (Lipinski definition) is 1. The van der Waals surface area contributed by atoms with Crippen LogP contribution in [0.3, 0.4) is 0 Å². The van der Waals surface area contributed by atoms with Gasteiger partial charge in [-0.25, -0.2) is 8.78 Å². The molecule has 0 aromatic heterocycles. The summed E-state index contributed by atoms with van der Waals surface area (Å²) in [6, 6.07) is 6.20. The van der Waals surface area contributed by atoms with Gasteiger partial charge in [-0.3, -0.25) is 4.79 Å². The van der Waals surface area contributed by atoms with E-state index in [9.17, 15) is 22.4 Å². The number of anilines is 1. The van der Waals surface area contributed by atoms with Crippen molar-refractivity contribution in [3.63, 3.8) is 0 Å². The third-order valence-corrected chi connectivity index (χ3v) is 2.34. The molecule has 0 unspecified atom stereocenters. The number of rotatable bonds is 3. The highest BCUT2D eigenvalue weighted by molar-refractivity contribution is 5.98. The second-order valence-corrected chi connectivity index (χ2v) is 3.57. The zero-order valence-corrected chi connectivity index (χ0v) is 9.25.